The smallest absolute Gasteiger partial charge is 0.328 e. The molecular formula is C30H46N6O11. The molecule has 0 unspecified atom stereocenters. The molecule has 0 bridgehead atoms. The van der Waals surface area contributed by atoms with E-state index in [1.165, 1.54) is 20.8 Å². The van der Waals surface area contributed by atoms with Gasteiger partial charge in [0.25, 0.3) is 0 Å². The average molecular weight is 667 g/mol. The van der Waals surface area contributed by atoms with Crippen LogP contribution in [0.2, 0.25) is 0 Å². The summed E-state index contributed by atoms with van der Waals surface area (Å²) in [5.74, 6) is -7.51. The number of nitrogens with one attached hydrogen (secondary N) is 5. The predicted molar refractivity (Wildman–Crippen MR) is 166 cm³/mol. The van der Waals surface area contributed by atoms with Crippen molar-refractivity contribution in [1.29, 1.82) is 0 Å². The van der Waals surface area contributed by atoms with Gasteiger partial charge in [-0.25, -0.2) is 4.79 Å². The number of aliphatic hydroxyl groups excluding tert-OH is 2. The Kier molecular flexibility index (Phi) is 16.5. The fraction of sp³-hybridized carbons (Fsp3) is 0.567. The van der Waals surface area contributed by atoms with Crippen LogP contribution in [0.5, 0.6) is 0 Å². The first-order valence-corrected chi connectivity index (χ1v) is 15.0. The van der Waals surface area contributed by atoms with E-state index in [9.17, 15) is 48.9 Å². The van der Waals surface area contributed by atoms with E-state index in [4.69, 9.17) is 10.8 Å². The Hall–Kier alpha value is -4.61. The molecule has 0 saturated carbocycles. The monoisotopic (exact) mass is 666 g/mol. The zero-order valence-corrected chi connectivity index (χ0v) is 26.9. The normalized spacial score (nSPS) is 16.2. The van der Waals surface area contributed by atoms with Crippen LogP contribution >= 0.6 is 0 Å². The topological polar surface area (TPSA) is 287 Å². The van der Waals surface area contributed by atoms with Gasteiger partial charge in [0.1, 0.15) is 24.2 Å². The lowest BCUT2D eigenvalue weighted by molar-refractivity contribution is -0.145. The van der Waals surface area contributed by atoms with Crippen LogP contribution in [0.4, 0.5) is 0 Å². The van der Waals surface area contributed by atoms with Gasteiger partial charge >= 0.3 is 11.9 Å². The molecule has 0 aliphatic carbocycles. The van der Waals surface area contributed by atoms with Crippen molar-refractivity contribution >= 4 is 41.5 Å². The van der Waals surface area contributed by atoms with Crippen LogP contribution in [-0.2, 0) is 40.0 Å². The Labute approximate surface area is 272 Å². The van der Waals surface area contributed by atoms with Gasteiger partial charge in [0.15, 0.2) is 6.04 Å². The maximum atomic E-state index is 13.3. The summed E-state index contributed by atoms with van der Waals surface area (Å²) < 4.78 is 0. The second-order valence-electron chi connectivity index (χ2n) is 11.7. The minimum Gasteiger partial charge on any atom is -0.481 e. The lowest BCUT2D eigenvalue weighted by Crippen LogP contribution is -2.61. The molecule has 0 aliphatic heterocycles. The fourth-order valence-electron chi connectivity index (χ4n) is 4.29. The Morgan fingerprint density at radius 1 is 0.660 bits per heavy atom. The molecule has 17 heteroatoms. The van der Waals surface area contributed by atoms with Gasteiger partial charge < -0.3 is 52.7 Å². The summed E-state index contributed by atoms with van der Waals surface area (Å²) in [7, 11) is 0. The summed E-state index contributed by atoms with van der Waals surface area (Å²) in [5, 5.41) is 49.9. The van der Waals surface area contributed by atoms with E-state index in [0.29, 0.717) is 5.56 Å². The molecular weight excluding hydrogens is 620 g/mol. The highest BCUT2D eigenvalue weighted by atomic mass is 16.4. The van der Waals surface area contributed by atoms with Crippen molar-refractivity contribution in [2.45, 2.75) is 102 Å². The molecule has 0 fully saturated rings. The predicted octanol–water partition coefficient (Wildman–Crippen LogP) is -2.63. The molecule has 5 amide bonds. The molecule has 0 radical (unpaired) electrons. The molecule has 262 valence electrons. The number of nitrogens with two attached hydrogens (primary N) is 1. The number of benzene rings is 1. The van der Waals surface area contributed by atoms with Crippen LogP contribution in [-0.4, -0.2) is 110 Å². The number of carboxylic acid groups (broad SMARTS) is 2. The molecule has 11 N–H and O–H groups in total. The standard InChI is InChI=1S/C30H46N6O11/c1-14(2)11-20(34-29(45)23(16(4)37)35-26(42)19(31)13-22(39)40)27(43)32-15(3)25(41)33-21(12-18-9-7-6-8-10-18)28(44)36-24(17(5)38)30(46)47/h6-10,14-17,19-21,23-24,37-38H,11-13,31H2,1-5H3,(H,32,43)(H,33,41)(H,34,45)(H,35,42)(H,36,44)(H,39,40)(H,46,47)/t15-,16+,17+,19-,20-,21-,23-,24-/m0/s1. The van der Waals surface area contributed by atoms with Gasteiger partial charge in [0.2, 0.25) is 29.5 Å². The van der Waals surface area contributed by atoms with Crippen molar-refractivity contribution < 1.29 is 54.0 Å². The van der Waals surface area contributed by atoms with Gasteiger partial charge in [0.05, 0.1) is 24.7 Å². The van der Waals surface area contributed by atoms with Crippen LogP contribution in [0.3, 0.4) is 0 Å². The van der Waals surface area contributed by atoms with E-state index in [-0.39, 0.29) is 18.8 Å². The van der Waals surface area contributed by atoms with Crippen LogP contribution < -0.4 is 32.3 Å². The maximum Gasteiger partial charge on any atom is 0.328 e. The minimum atomic E-state index is -1.65. The van der Waals surface area contributed by atoms with Gasteiger partial charge in [-0.2, -0.15) is 0 Å². The van der Waals surface area contributed by atoms with E-state index >= 15 is 0 Å². The zero-order valence-electron chi connectivity index (χ0n) is 26.9. The lowest BCUT2D eigenvalue weighted by Gasteiger charge is -2.27. The number of aliphatic hydroxyl groups is 2. The quantitative estimate of drug-likeness (QED) is 0.0726. The lowest BCUT2D eigenvalue weighted by atomic mass is 10.0. The highest BCUT2D eigenvalue weighted by Crippen LogP contribution is 2.09. The van der Waals surface area contributed by atoms with Crippen molar-refractivity contribution in [2.75, 3.05) is 0 Å². The zero-order chi connectivity index (χ0) is 36.0. The van der Waals surface area contributed by atoms with Gasteiger partial charge in [-0.3, -0.25) is 28.8 Å². The van der Waals surface area contributed by atoms with Gasteiger partial charge in [0, 0.05) is 6.42 Å². The third-order valence-corrected chi connectivity index (χ3v) is 6.85. The van der Waals surface area contributed by atoms with Crippen LogP contribution in [0.25, 0.3) is 0 Å². The Bertz CT molecular complexity index is 1260. The number of carbonyl (C=O) groups excluding carboxylic acids is 5. The molecule has 8 atom stereocenters. The molecule has 1 aromatic carbocycles. The summed E-state index contributed by atoms with van der Waals surface area (Å²) >= 11 is 0. The van der Waals surface area contributed by atoms with Gasteiger partial charge in [-0.15, -0.1) is 0 Å². The first kappa shape index (κ1) is 40.4. The van der Waals surface area contributed by atoms with E-state index in [1.807, 2.05) is 0 Å². The van der Waals surface area contributed by atoms with Crippen molar-refractivity contribution in [3.63, 3.8) is 0 Å². The molecule has 0 heterocycles. The van der Waals surface area contributed by atoms with Crippen LogP contribution in [0, 0.1) is 5.92 Å². The first-order valence-electron chi connectivity index (χ1n) is 15.0. The Morgan fingerprint density at radius 2 is 1.17 bits per heavy atom. The summed E-state index contributed by atoms with van der Waals surface area (Å²) in [4.78, 5) is 87.3. The summed E-state index contributed by atoms with van der Waals surface area (Å²) in [5.41, 5.74) is 6.16. The molecule has 0 saturated heterocycles. The largest absolute Gasteiger partial charge is 0.481 e. The molecule has 17 nitrogen and oxygen atoms in total. The maximum absolute atomic E-state index is 13.3. The number of carbonyl (C=O) groups is 7. The number of rotatable bonds is 19. The van der Waals surface area contributed by atoms with E-state index in [2.05, 4.69) is 26.6 Å². The van der Waals surface area contributed by atoms with Crippen molar-refractivity contribution in [3.8, 4) is 0 Å². The Balaban J connectivity index is 3.09. The highest BCUT2D eigenvalue weighted by molar-refractivity contribution is 5.96. The minimum absolute atomic E-state index is 0.0557. The average Bonchev–Trinajstić information content (AvgIpc) is 2.96. The first-order chi connectivity index (χ1) is 21.8. The SMILES string of the molecule is CC(C)C[C@H](NC(=O)[C@@H](NC(=O)[C@@H](N)CC(=O)O)[C@@H](C)O)C(=O)N[C@@H](C)C(=O)N[C@@H](Cc1ccccc1)C(=O)N[C@H](C(=O)O)[C@@H](C)O. The second kappa shape index (κ2) is 19.1. The molecule has 1 rings (SSSR count). The molecule has 1 aromatic rings. The summed E-state index contributed by atoms with van der Waals surface area (Å²) in [6.45, 7) is 7.20. The molecule has 0 aromatic heterocycles. The van der Waals surface area contributed by atoms with E-state index in [0.717, 1.165) is 0 Å². The second-order valence-corrected chi connectivity index (χ2v) is 11.7. The van der Waals surface area contributed by atoms with Gasteiger partial charge in [-0.05, 0) is 38.7 Å². The number of hydrogen-bond acceptors (Lipinski definition) is 10. The van der Waals surface area contributed by atoms with Crippen molar-refractivity contribution in [1.82, 2.24) is 26.6 Å². The number of aliphatic carboxylic acids is 2. The highest BCUT2D eigenvalue weighted by Gasteiger charge is 2.34. The van der Waals surface area contributed by atoms with E-state index < -0.39 is 96.4 Å². The van der Waals surface area contributed by atoms with Gasteiger partial charge in [-0.1, -0.05) is 44.2 Å². The number of carboxylic acids is 2. The van der Waals surface area contributed by atoms with Crippen LogP contribution in [0.15, 0.2) is 30.3 Å². The number of amides is 5. The van der Waals surface area contributed by atoms with Crippen molar-refractivity contribution in [2.24, 2.45) is 11.7 Å². The van der Waals surface area contributed by atoms with Crippen molar-refractivity contribution in [3.05, 3.63) is 35.9 Å². The van der Waals surface area contributed by atoms with Crippen LogP contribution in [0.1, 0.15) is 53.0 Å². The Morgan fingerprint density at radius 3 is 1.66 bits per heavy atom. The summed E-state index contributed by atoms with van der Waals surface area (Å²) in [6, 6.07) is -0.0884. The third-order valence-electron chi connectivity index (χ3n) is 6.85. The summed E-state index contributed by atoms with van der Waals surface area (Å²) in [6.07, 6.45) is -3.63. The molecule has 47 heavy (non-hydrogen) atoms. The molecule has 0 aliphatic rings. The van der Waals surface area contributed by atoms with E-state index in [1.54, 1.807) is 44.2 Å². The molecule has 0 spiro atoms. The number of hydrogen-bond donors (Lipinski definition) is 10. The third kappa shape index (κ3) is 14.1. The fourth-order valence-corrected chi connectivity index (χ4v) is 4.29.